The topological polar surface area (TPSA) is 113 Å². The van der Waals surface area contributed by atoms with E-state index in [0.29, 0.717) is 36.2 Å². The minimum absolute atomic E-state index is 0.0857. The number of benzene rings is 2. The Hall–Kier alpha value is -4.24. The number of anilines is 1. The fourth-order valence-corrected chi connectivity index (χ4v) is 3.84. The van der Waals surface area contributed by atoms with Crippen molar-refractivity contribution >= 4 is 23.3 Å². The molecule has 9 nitrogen and oxygen atoms in total. The van der Waals surface area contributed by atoms with E-state index in [4.69, 9.17) is 26.8 Å². The molecule has 0 atom stereocenters. The molecule has 4 rings (SSSR count). The van der Waals surface area contributed by atoms with Gasteiger partial charge in [-0.15, -0.1) is 0 Å². The first kappa shape index (κ1) is 24.9. The van der Waals surface area contributed by atoms with E-state index < -0.39 is 0 Å². The number of halogens is 1. The fourth-order valence-electron chi connectivity index (χ4n) is 3.66. The van der Waals surface area contributed by atoms with Crippen LogP contribution in [0, 0.1) is 0 Å². The molecule has 0 fully saturated rings. The number of nitrogens with one attached hydrogen (secondary N) is 1. The maximum Gasteiger partial charge on any atom is 0.256 e. The molecule has 3 N–H and O–H groups in total. The van der Waals surface area contributed by atoms with Crippen molar-refractivity contribution in [3.63, 3.8) is 0 Å². The summed E-state index contributed by atoms with van der Waals surface area (Å²) >= 11 is 5.94. The van der Waals surface area contributed by atoms with Crippen molar-refractivity contribution in [2.24, 2.45) is 0 Å². The number of hydrogen-bond donors (Lipinski definition) is 2. The summed E-state index contributed by atoms with van der Waals surface area (Å²) in [5, 5.41) is 7.63. The van der Waals surface area contributed by atoms with Crippen LogP contribution in [0.1, 0.15) is 21.5 Å². The number of nitrogens with zero attached hydrogens (tertiary/aromatic N) is 3. The van der Waals surface area contributed by atoms with Crippen molar-refractivity contribution in [2.45, 2.75) is 13.1 Å². The molecule has 0 unspecified atom stereocenters. The summed E-state index contributed by atoms with van der Waals surface area (Å²) in [5.74, 6) is 1.08. The Morgan fingerprint density at radius 2 is 1.97 bits per heavy atom. The molecule has 36 heavy (non-hydrogen) atoms. The molecule has 0 aliphatic heterocycles. The summed E-state index contributed by atoms with van der Waals surface area (Å²) in [7, 11) is 1.58. The van der Waals surface area contributed by atoms with Crippen LogP contribution in [0.4, 0.5) is 5.82 Å². The number of aromatic nitrogens is 3. The van der Waals surface area contributed by atoms with Gasteiger partial charge in [-0.3, -0.25) is 14.3 Å². The van der Waals surface area contributed by atoms with Crippen LogP contribution in [-0.4, -0.2) is 40.5 Å². The van der Waals surface area contributed by atoms with Crippen molar-refractivity contribution in [1.82, 2.24) is 19.7 Å². The number of methoxy groups -OCH3 is 1. The Bertz CT molecular complexity index is 1420. The molecule has 2 aromatic carbocycles. The first-order valence-electron chi connectivity index (χ1n) is 11.2. The third-order valence-electron chi connectivity index (χ3n) is 5.42. The first-order valence-corrected chi connectivity index (χ1v) is 11.6. The predicted octanol–water partition coefficient (Wildman–Crippen LogP) is 3.19. The molecular formula is C26H26ClN5O4. The molecule has 0 radical (unpaired) electrons. The van der Waals surface area contributed by atoms with Gasteiger partial charge in [-0.1, -0.05) is 35.9 Å². The van der Waals surface area contributed by atoms with E-state index in [1.54, 1.807) is 59.1 Å². The highest BCUT2D eigenvalue weighted by molar-refractivity contribution is 6.30. The van der Waals surface area contributed by atoms with Gasteiger partial charge in [-0.2, -0.15) is 5.10 Å². The third-order valence-corrected chi connectivity index (χ3v) is 5.66. The van der Waals surface area contributed by atoms with Crippen LogP contribution in [0.15, 0.2) is 77.9 Å². The van der Waals surface area contributed by atoms with Gasteiger partial charge in [0, 0.05) is 29.0 Å². The average Bonchev–Trinajstić information content (AvgIpc) is 3.24. The summed E-state index contributed by atoms with van der Waals surface area (Å²) in [6, 6.07) is 17.8. The lowest BCUT2D eigenvalue weighted by atomic mass is 10.1. The zero-order valence-corrected chi connectivity index (χ0v) is 20.4. The maximum atomic E-state index is 12.6. The van der Waals surface area contributed by atoms with Crippen LogP contribution >= 0.6 is 11.6 Å². The smallest absolute Gasteiger partial charge is 0.256 e. The van der Waals surface area contributed by atoms with Gasteiger partial charge in [0.15, 0.2) is 5.82 Å². The Kier molecular flexibility index (Phi) is 7.92. The Morgan fingerprint density at radius 3 is 2.75 bits per heavy atom. The molecule has 0 aliphatic carbocycles. The minimum Gasteiger partial charge on any atom is -0.496 e. The Labute approximate surface area is 213 Å². The third kappa shape index (κ3) is 6.25. The van der Waals surface area contributed by atoms with Gasteiger partial charge in [0.2, 0.25) is 0 Å². The number of carbonyl (C=O) groups excluding carboxylic acids is 1. The van der Waals surface area contributed by atoms with Crippen molar-refractivity contribution in [2.75, 3.05) is 26.0 Å². The Balaban J connectivity index is 1.36. The first-order chi connectivity index (χ1) is 17.4. The van der Waals surface area contributed by atoms with E-state index in [-0.39, 0.29) is 29.5 Å². The molecular weight excluding hydrogens is 482 g/mol. The van der Waals surface area contributed by atoms with E-state index >= 15 is 0 Å². The highest BCUT2D eigenvalue weighted by atomic mass is 35.5. The number of amides is 1. The molecule has 10 heteroatoms. The number of nitrogens with two attached hydrogens (primary N) is 1. The molecule has 4 aromatic rings. The number of carbonyl (C=O) groups is 1. The van der Waals surface area contributed by atoms with Gasteiger partial charge in [0.1, 0.15) is 23.7 Å². The van der Waals surface area contributed by atoms with Gasteiger partial charge in [-0.05, 0) is 35.9 Å². The second-order valence-corrected chi connectivity index (χ2v) is 8.44. The molecule has 0 saturated heterocycles. The molecule has 0 spiro atoms. The van der Waals surface area contributed by atoms with Crippen molar-refractivity contribution in [1.29, 1.82) is 0 Å². The van der Waals surface area contributed by atoms with Crippen LogP contribution in [0.3, 0.4) is 0 Å². The monoisotopic (exact) mass is 507 g/mol. The van der Waals surface area contributed by atoms with Gasteiger partial charge in [0.05, 0.1) is 26.7 Å². The zero-order valence-electron chi connectivity index (χ0n) is 19.7. The van der Waals surface area contributed by atoms with Crippen LogP contribution in [0.2, 0.25) is 5.02 Å². The van der Waals surface area contributed by atoms with E-state index in [9.17, 15) is 9.59 Å². The summed E-state index contributed by atoms with van der Waals surface area (Å²) in [5.41, 5.74) is 7.96. The van der Waals surface area contributed by atoms with Crippen molar-refractivity contribution in [3.05, 3.63) is 105 Å². The number of hydrogen-bond acceptors (Lipinski definition) is 6. The van der Waals surface area contributed by atoms with E-state index in [2.05, 4.69) is 10.4 Å². The molecule has 0 bridgehead atoms. The summed E-state index contributed by atoms with van der Waals surface area (Å²) < 4.78 is 14.3. The second-order valence-electron chi connectivity index (χ2n) is 8.00. The fraction of sp³-hybridized carbons (Fsp3) is 0.192. The van der Waals surface area contributed by atoms with E-state index in [1.807, 2.05) is 24.3 Å². The van der Waals surface area contributed by atoms with E-state index in [1.165, 1.54) is 6.07 Å². The largest absolute Gasteiger partial charge is 0.496 e. The van der Waals surface area contributed by atoms with Crippen molar-refractivity contribution in [3.8, 4) is 11.5 Å². The van der Waals surface area contributed by atoms with Gasteiger partial charge in [0.25, 0.3) is 11.5 Å². The summed E-state index contributed by atoms with van der Waals surface area (Å²) in [4.78, 5) is 24.6. The molecule has 2 aromatic heterocycles. The Morgan fingerprint density at radius 1 is 1.11 bits per heavy atom. The van der Waals surface area contributed by atoms with Crippen molar-refractivity contribution < 1.29 is 14.3 Å². The zero-order chi connectivity index (χ0) is 25.5. The predicted molar refractivity (Wildman–Crippen MR) is 138 cm³/mol. The summed E-state index contributed by atoms with van der Waals surface area (Å²) in [6.07, 6.45) is 3.34. The molecule has 0 aliphatic rings. The van der Waals surface area contributed by atoms with Gasteiger partial charge < -0.3 is 25.1 Å². The lowest BCUT2D eigenvalue weighted by molar-refractivity contribution is 0.0947. The quantitative estimate of drug-likeness (QED) is 0.319. The highest BCUT2D eigenvalue weighted by Crippen LogP contribution is 2.22. The lowest BCUT2D eigenvalue weighted by Crippen LogP contribution is -2.28. The number of rotatable bonds is 10. The lowest BCUT2D eigenvalue weighted by Gasteiger charge is -2.12. The molecule has 2 heterocycles. The number of nitrogen functional groups attached to an aromatic ring is 1. The van der Waals surface area contributed by atoms with Crippen LogP contribution in [0.5, 0.6) is 11.5 Å². The molecule has 0 saturated carbocycles. The highest BCUT2D eigenvalue weighted by Gasteiger charge is 2.15. The van der Waals surface area contributed by atoms with Gasteiger partial charge >= 0.3 is 0 Å². The van der Waals surface area contributed by atoms with Crippen LogP contribution in [-0.2, 0) is 13.1 Å². The SMILES string of the molecule is COc1cc(Cn2cc(C(=O)NCCOc3cccc(Cl)c3)c(N)n2)ccc1Cn1ccccc1=O. The normalized spacial score (nSPS) is 10.7. The van der Waals surface area contributed by atoms with Crippen LogP contribution in [0.25, 0.3) is 0 Å². The number of ether oxygens (including phenoxy) is 2. The minimum atomic E-state index is -0.338. The summed E-state index contributed by atoms with van der Waals surface area (Å²) in [6.45, 7) is 1.35. The average molecular weight is 508 g/mol. The second kappa shape index (κ2) is 11.5. The van der Waals surface area contributed by atoms with E-state index in [0.717, 1.165) is 11.1 Å². The standard InChI is InChI=1S/C26H26ClN5O4/c1-35-23-13-18(8-9-19(23)16-31-11-3-2-7-24(31)33)15-32-17-22(25(28)30-32)26(34)29-10-12-36-21-6-4-5-20(27)14-21/h2-9,11,13-14,17H,10,12,15-16H2,1H3,(H2,28,30)(H,29,34). The molecule has 186 valence electrons. The van der Waals surface area contributed by atoms with Crippen LogP contribution < -0.4 is 26.1 Å². The molecule has 1 amide bonds. The van der Waals surface area contributed by atoms with Gasteiger partial charge in [-0.25, -0.2) is 0 Å². The number of pyridine rings is 1. The maximum absolute atomic E-state index is 12.6.